The zero-order valence-corrected chi connectivity index (χ0v) is 18.0. The van der Waals surface area contributed by atoms with Crippen LogP contribution in [0, 0.1) is 6.92 Å². The van der Waals surface area contributed by atoms with Gasteiger partial charge in [-0.05, 0) is 83.9 Å². The topological polar surface area (TPSA) is 55.0 Å². The van der Waals surface area contributed by atoms with Crippen LogP contribution in [0.25, 0.3) is 43.9 Å². The highest BCUT2D eigenvalue weighted by molar-refractivity contribution is 7.13. The number of hydrogen-bond donors (Lipinski definition) is 1. The van der Waals surface area contributed by atoms with Crippen molar-refractivity contribution in [3.8, 4) is 38.7 Å². The Morgan fingerprint density at radius 1 is 0.903 bits per heavy atom. The Labute approximate surface area is 183 Å². The lowest BCUT2D eigenvalue weighted by atomic mass is 10.0. The molecule has 0 spiro atoms. The molecule has 2 aromatic carbocycles. The lowest BCUT2D eigenvalue weighted by Crippen LogP contribution is -2.09. The fraction of sp³-hybridized carbons (Fsp3) is 0.0769. The summed E-state index contributed by atoms with van der Waals surface area (Å²) in [5.41, 5.74) is 5.98. The molecule has 0 radical (unpaired) electrons. The van der Waals surface area contributed by atoms with Gasteiger partial charge in [-0.1, -0.05) is 17.7 Å². The van der Waals surface area contributed by atoms with Gasteiger partial charge < -0.3 is 9.72 Å². The van der Waals surface area contributed by atoms with Crippen molar-refractivity contribution in [2.45, 2.75) is 6.92 Å². The first-order chi connectivity index (χ1) is 15.1. The number of fused-ring (bicyclic) bond motifs is 1. The number of hydrogen-bond acceptors (Lipinski definition) is 4. The molecule has 3 heterocycles. The highest BCUT2D eigenvalue weighted by Gasteiger charge is 2.13. The second-order valence-electron chi connectivity index (χ2n) is 7.43. The van der Waals surface area contributed by atoms with Crippen LogP contribution >= 0.6 is 11.3 Å². The normalized spacial score (nSPS) is 11.0. The maximum atomic E-state index is 13.0. The summed E-state index contributed by atoms with van der Waals surface area (Å²) >= 11 is 1.63. The van der Waals surface area contributed by atoms with Crippen molar-refractivity contribution in [1.82, 2.24) is 9.97 Å². The van der Waals surface area contributed by atoms with Crippen molar-refractivity contribution in [3.63, 3.8) is 0 Å². The van der Waals surface area contributed by atoms with Crippen molar-refractivity contribution < 1.29 is 4.74 Å². The number of ether oxygens (including phenoxy) is 1. The van der Waals surface area contributed by atoms with E-state index >= 15 is 0 Å². The average molecular weight is 425 g/mol. The van der Waals surface area contributed by atoms with Crippen LogP contribution < -0.4 is 10.3 Å². The molecular formula is C26H20N2O2S. The van der Waals surface area contributed by atoms with E-state index in [-0.39, 0.29) is 5.56 Å². The zero-order valence-electron chi connectivity index (χ0n) is 17.2. The van der Waals surface area contributed by atoms with Gasteiger partial charge in [-0.25, -0.2) is 4.98 Å². The third-order valence-electron chi connectivity index (χ3n) is 5.30. The van der Waals surface area contributed by atoms with E-state index < -0.39 is 0 Å². The summed E-state index contributed by atoms with van der Waals surface area (Å²) in [7, 11) is 1.65. The number of methoxy groups -OCH3 is 1. The number of aromatic nitrogens is 2. The lowest BCUT2D eigenvalue weighted by Gasteiger charge is -2.10. The molecule has 0 fully saturated rings. The molecule has 0 aliphatic carbocycles. The Kier molecular flexibility index (Phi) is 4.88. The number of pyridine rings is 2. The number of aromatic amines is 1. The Morgan fingerprint density at radius 3 is 2.45 bits per heavy atom. The highest BCUT2D eigenvalue weighted by atomic mass is 32.1. The van der Waals surface area contributed by atoms with Crippen LogP contribution in [0.4, 0.5) is 0 Å². The average Bonchev–Trinajstić information content (AvgIpc) is 3.34. The van der Waals surface area contributed by atoms with Gasteiger partial charge in [-0.15, -0.1) is 11.3 Å². The lowest BCUT2D eigenvalue weighted by molar-refractivity contribution is 0.415. The molecule has 0 atom stereocenters. The fourth-order valence-corrected chi connectivity index (χ4v) is 4.37. The Hall–Kier alpha value is -3.70. The van der Waals surface area contributed by atoms with Crippen LogP contribution in [0.15, 0.2) is 83.0 Å². The first-order valence-electron chi connectivity index (χ1n) is 9.95. The van der Waals surface area contributed by atoms with Gasteiger partial charge in [-0.3, -0.25) is 4.79 Å². The van der Waals surface area contributed by atoms with Crippen LogP contribution in [0.1, 0.15) is 5.56 Å². The van der Waals surface area contributed by atoms with Crippen LogP contribution in [-0.2, 0) is 0 Å². The Bertz CT molecular complexity index is 1440. The van der Waals surface area contributed by atoms with Crippen LogP contribution in [0.2, 0.25) is 0 Å². The number of rotatable bonds is 4. The van der Waals surface area contributed by atoms with E-state index in [0.717, 1.165) is 49.6 Å². The van der Waals surface area contributed by atoms with Gasteiger partial charge in [0.2, 0.25) is 0 Å². The van der Waals surface area contributed by atoms with E-state index in [1.165, 1.54) is 0 Å². The summed E-state index contributed by atoms with van der Waals surface area (Å²) in [6.45, 7) is 2.05. The number of aryl methyl sites for hydroxylation is 1. The van der Waals surface area contributed by atoms with Gasteiger partial charge >= 0.3 is 0 Å². The number of nitrogens with zero attached hydrogens (tertiary/aromatic N) is 1. The van der Waals surface area contributed by atoms with Gasteiger partial charge in [0.05, 0.1) is 23.4 Å². The van der Waals surface area contributed by atoms with E-state index in [1.807, 2.05) is 79.0 Å². The summed E-state index contributed by atoms with van der Waals surface area (Å²) in [6, 6.07) is 23.8. The molecule has 5 heteroatoms. The molecule has 0 bridgehead atoms. The first-order valence-corrected chi connectivity index (χ1v) is 10.8. The van der Waals surface area contributed by atoms with Gasteiger partial charge in [0.25, 0.3) is 5.56 Å². The molecule has 4 nitrogen and oxygen atoms in total. The van der Waals surface area contributed by atoms with Crippen molar-refractivity contribution in [1.29, 1.82) is 0 Å². The SMILES string of the molecule is COc1ccc(-c2cc(-c3cc4cc(C)ccc4[nH]c3=O)cc(-c3cccs3)n2)cc1. The third kappa shape index (κ3) is 3.76. The molecule has 0 aliphatic rings. The van der Waals surface area contributed by atoms with Crippen LogP contribution in [-0.4, -0.2) is 17.1 Å². The van der Waals surface area contributed by atoms with Crippen molar-refractivity contribution in [2.75, 3.05) is 7.11 Å². The molecule has 1 N–H and O–H groups in total. The van der Waals surface area contributed by atoms with E-state index in [2.05, 4.69) is 11.1 Å². The number of thiophene rings is 1. The molecular weight excluding hydrogens is 404 g/mol. The molecule has 5 aromatic rings. The second-order valence-corrected chi connectivity index (χ2v) is 8.38. The standard InChI is InChI=1S/C26H20N2O2S/c1-16-5-10-22-19(12-16)13-21(26(29)28-22)18-14-23(17-6-8-20(30-2)9-7-17)27-24(15-18)25-4-3-11-31-25/h3-15H,1-2H3,(H,28,29). The minimum atomic E-state index is -0.111. The maximum Gasteiger partial charge on any atom is 0.256 e. The van der Waals surface area contributed by atoms with Crippen LogP contribution in [0.5, 0.6) is 5.75 Å². The maximum absolute atomic E-state index is 13.0. The minimum absolute atomic E-state index is 0.111. The summed E-state index contributed by atoms with van der Waals surface area (Å²) < 4.78 is 5.28. The van der Waals surface area contributed by atoms with Crippen molar-refractivity contribution >= 4 is 22.2 Å². The minimum Gasteiger partial charge on any atom is -0.497 e. The predicted octanol–water partition coefficient (Wildman–Crippen LogP) is 6.30. The molecule has 3 aromatic heterocycles. The van der Waals surface area contributed by atoms with Gasteiger partial charge in [0.15, 0.2) is 0 Å². The quantitative estimate of drug-likeness (QED) is 0.368. The molecule has 0 unspecified atom stereocenters. The fourth-order valence-electron chi connectivity index (χ4n) is 3.69. The molecule has 0 amide bonds. The van der Waals surface area contributed by atoms with Crippen LogP contribution in [0.3, 0.4) is 0 Å². The zero-order chi connectivity index (χ0) is 21.4. The summed E-state index contributed by atoms with van der Waals surface area (Å²) in [5, 5.41) is 3.04. The van der Waals surface area contributed by atoms with Crippen molar-refractivity contribution in [3.05, 3.63) is 94.1 Å². The first kappa shape index (κ1) is 19.3. The number of benzene rings is 2. The Balaban J connectivity index is 1.73. The van der Waals surface area contributed by atoms with Gasteiger partial charge in [0, 0.05) is 16.6 Å². The van der Waals surface area contributed by atoms with E-state index in [0.29, 0.717) is 5.56 Å². The second kappa shape index (κ2) is 7.85. The largest absolute Gasteiger partial charge is 0.497 e. The summed E-state index contributed by atoms with van der Waals surface area (Å²) in [5.74, 6) is 0.791. The molecule has 5 rings (SSSR count). The molecule has 152 valence electrons. The van der Waals surface area contributed by atoms with Gasteiger partial charge in [-0.2, -0.15) is 0 Å². The monoisotopic (exact) mass is 424 g/mol. The predicted molar refractivity (Wildman–Crippen MR) is 128 cm³/mol. The van der Waals surface area contributed by atoms with Crippen molar-refractivity contribution in [2.24, 2.45) is 0 Å². The van der Waals surface area contributed by atoms with E-state index in [1.54, 1.807) is 18.4 Å². The molecule has 0 saturated heterocycles. The van der Waals surface area contributed by atoms with E-state index in [9.17, 15) is 4.79 Å². The van der Waals surface area contributed by atoms with Gasteiger partial charge in [0.1, 0.15) is 5.75 Å². The Morgan fingerprint density at radius 2 is 1.71 bits per heavy atom. The number of nitrogens with one attached hydrogen (secondary N) is 1. The number of H-pyrrole nitrogens is 1. The smallest absolute Gasteiger partial charge is 0.256 e. The molecule has 31 heavy (non-hydrogen) atoms. The highest BCUT2D eigenvalue weighted by Crippen LogP contribution is 2.32. The summed E-state index contributed by atoms with van der Waals surface area (Å²) in [6.07, 6.45) is 0. The third-order valence-corrected chi connectivity index (χ3v) is 6.19. The summed E-state index contributed by atoms with van der Waals surface area (Å²) in [4.78, 5) is 21.9. The molecule has 0 saturated carbocycles. The van der Waals surface area contributed by atoms with E-state index in [4.69, 9.17) is 9.72 Å². The molecule has 0 aliphatic heterocycles.